The second-order valence-corrected chi connectivity index (χ2v) is 4.52. The Morgan fingerprint density at radius 3 is 2.93 bits per heavy atom. The van der Waals surface area contributed by atoms with Crippen molar-refractivity contribution in [3.8, 4) is 0 Å². The van der Waals surface area contributed by atoms with E-state index in [0.29, 0.717) is 12.4 Å². The fourth-order valence-electron chi connectivity index (χ4n) is 0.753. The molecule has 7 nitrogen and oxygen atoms in total. The Balaban J connectivity index is 2.37. The Hall–Kier alpha value is -0.990. The van der Waals surface area contributed by atoms with E-state index in [9.17, 15) is 8.42 Å². The average molecular weight is 220 g/mol. The topological polar surface area (TPSA) is 97.1 Å². The number of hydrogen-bond acceptors (Lipinski definition) is 6. The molecule has 0 fully saturated rings. The Labute approximate surface area is 81.9 Å². The molecule has 2 N–H and O–H groups in total. The quantitative estimate of drug-likeness (QED) is 0.619. The molecule has 80 valence electrons. The summed E-state index contributed by atoms with van der Waals surface area (Å²) < 4.78 is 29.3. The Morgan fingerprint density at radius 2 is 2.36 bits per heavy atom. The minimum atomic E-state index is -3.25. The lowest BCUT2D eigenvalue weighted by Crippen LogP contribution is -2.30. The van der Waals surface area contributed by atoms with Gasteiger partial charge in [-0.2, -0.15) is 4.98 Å². The minimum Gasteiger partial charge on any atom is -0.343 e. The van der Waals surface area contributed by atoms with Crippen molar-refractivity contribution in [1.29, 1.82) is 0 Å². The molecule has 0 aliphatic carbocycles. The fraction of sp³-hybridized carbons (Fsp3) is 0.667. The molecule has 0 radical (unpaired) electrons. The summed E-state index contributed by atoms with van der Waals surface area (Å²) in [6.45, 7) is 0.462. The standard InChI is InChI=1S/C6H12N4O3S/c1-7-2-3-14(11,12)9-4-6-8-5-13-10-6/h5,7,9H,2-4H2,1H3. The zero-order valence-corrected chi connectivity index (χ0v) is 8.54. The number of hydrogen-bond donors (Lipinski definition) is 2. The average Bonchev–Trinajstić information content (AvgIpc) is 2.64. The fourth-order valence-corrected chi connectivity index (χ4v) is 1.72. The Kier molecular flexibility index (Phi) is 3.98. The summed E-state index contributed by atoms with van der Waals surface area (Å²) in [4.78, 5) is 3.68. The van der Waals surface area contributed by atoms with Crippen LogP contribution >= 0.6 is 0 Å². The van der Waals surface area contributed by atoms with Crippen molar-refractivity contribution in [2.45, 2.75) is 6.54 Å². The predicted octanol–water partition coefficient (Wildman–Crippen LogP) is -1.29. The van der Waals surface area contributed by atoms with Gasteiger partial charge in [-0.15, -0.1) is 0 Å². The normalized spacial score (nSPS) is 11.8. The summed E-state index contributed by atoms with van der Waals surface area (Å²) in [6.07, 6.45) is 1.15. The molecule has 14 heavy (non-hydrogen) atoms. The monoisotopic (exact) mass is 220 g/mol. The van der Waals surface area contributed by atoms with Crippen molar-refractivity contribution in [2.75, 3.05) is 19.3 Å². The lowest BCUT2D eigenvalue weighted by molar-refractivity contribution is 0.409. The Morgan fingerprint density at radius 1 is 1.57 bits per heavy atom. The molecule has 0 bridgehead atoms. The van der Waals surface area contributed by atoms with Gasteiger partial charge >= 0.3 is 0 Å². The number of sulfonamides is 1. The van der Waals surface area contributed by atoms with E-state index in [0.717, 1.165) is 6.39 Å². The van der Waals surface area contributed by atoms with E-state index in [2.05, 4.69) is 24.7 Å². The third-order valence-electron chi connectivity index (χ3n) is 1.48. The van der Waals surface area contributed by atoms with Crippen LogP contribution in [0.4, 0.5) is 0 Å². The van der Waals surface area contributed by atoms with Crippen LogP contribution < -0.4 is 10.0 Å². The van der Waals surface area contributed by atoms with Crippen LogP contribution in [0.1, 0.15) is 5.82 Å². The van der Waals surface area contributed by atoms with Gasteiger partial charge in [-0.25, -0.2) is 13.1 Å². The van der Waals surface area contributed by atoms with Crippen molar-refractivity contribution in [3.63, 3.8) is 0 Å². The molecule has 0 saturated heterocycles. The molecule has 0 aromatic carbocycles. The highest BCUT2D eigenvalue weighted by Gasteiger charge is 2.10. The molecular formula is C6H12N4O3S. The first kappa shape index (κ1) is 11.1. The van der Waals surface area contributed by atoms with E-state index in [4.69, 9.17) is 0 Å². The highest BCUT2D eigenvalue weighted by molar-refractivity contribution is 7.89. The lowest BCUT2D eigenvalue weighted by atomic mass is 10.6. The van der Waals surface area contributed by atoms with Gasteiger partial charge in [-0.1, -0.05) is 5.16 Å². The highest BCUT2D eigenvalue weighted by Crippen LogP contribution is 1.90. The van der Waals surface area contributed by atoms with E-state index in [-0.39, 0.29) is 12.3 Å². The van der Waals surface area contributed by atoms with Gasteiger partial charge in [0.1, 0.15) is 0 Å². The van der Waals surface area contributed by atoms with Gasteiger partial charge in [0.25, 0.3) is 0 Å². The molecule has 0 atom stereocenters. The van der Waals surface area contributed by atoms with Gasteiger partial charge < -0.3 is 9.84 Å². The zero-order chi connectivity index (χ0) is 10.4. The second-order valence-electron chi connectivity index (χ2n) is 2.59. The third kappa shape index (κ3) is 3.81. The molecule has 1 aromatic rings. The third-order valence-corrected chi connectivity index (χ3v) is 2.80. The smallest absolute Gasteiger partial charge is 0.213 e. The SMILES string of the molecule is CNCCS(=O)(=O)NCc1ncon1. The first-order valence-corrected chi connectivity index (χ1v) is 5.66. The molecule has 1 aromatic heterocycles. The molecule has 0 aliphatic rings. The number of rotatable bonds is 6. The summed E-state index contributed by atoms with van der Waals surface area (Å²) in [7, 11) is -1.56. The van der Waals surface area contributed by atoms with Crippen LogP contribution in [-0.4, -0.2) is 37.9 Å². The molecule has 8 heteroatoms. The molecule has 0 unspecified atom stereocenters. The van der Waals surface area contributed by atoms with Gasteiger partial charge in [0.2, 0.25) is 16.4 Å². The zero-order valence-electron chi connectivity index (χ0n) is 7.73. The van der Waals surface area contributed by atoms with Crippen molar-refractivity contribution >= 4 is 10.0 Å². The van der Waals surface area contributed by atoms with Crippen LogP contribution in [0.2, 0.25) is 0 Å². The molecule has 0 spiro atoms. The van der Waals surface area contributed by atoms with Crippen LogP contribution in [-0.2, 0) is 16.6 Å². The van der Waals surface area contributed by atoms with Gasteiger partial charge in [0.05, 0.1) is 12.3 Å². The summed E-state index contributed by atoms with van der Waals surface area (Å²) in [5.41, 5.74) is 0. The lowest BCUT2D eigenvalue weighted by Gasteiger charge is -2.03. The molecule has 1 rings (SSSR count). The number of nitrogens with zero attached hydrogens (tertiary/aromatic N) is 2. The minimum absolute atomic E-state index is 0.0291. The first-order chi connectivity index (χ1) is 6.64. The van der Waals surface area contributed by atoms with Crippen LogP contribution in [0, 0.1) is 0 Å². The molecule has 0 aliphatic heterocycles. The van der Waals surface area contributed by atoms with Gasteiger partial charge in [-0.3, -0.25) is 0 Å². The summed E-state index contributed by atoms with van der Waals surface area (Å²) in [5.74, 6) is 0.347. The van der Waals surface area contributed by atoms with E-state index in [1.165, 1.54) is 0 Å². The van der Waals surface area contributed by atoms with E-state index >= 15 is 0 Å². The number of nitrogens with one attached hydrogen (secondary N) is 2. The van der Waals surface area contributed by atoms with Gasteiger partial charge in [-0.05, 0) is 7.05 Å². The van der Waals surface area contributed by atoms with E-state index in [1.807, 2.05) is 0 Å². The van der Waals surface area contributed by atoms with E-state index < -0.39 is 10.0 Å². The molecular weight excluding hydrogens is 208 g/mol. The van der Waals surface area contributed by atoms with Crippen molar-refractivity contribution in [3.05, 3.63) is 12.2 Å². The predicted molar refractivity (Wildman–Crippen MR) is 48.9 cm³/mol. The molecule has 0 amide bonds. The molecule has 0 saturated carbocycles. The summed E-state index contributed by atoms with van der Waals surface area (Å²) >= 11 is 0. The first-order valence-electron chi connectivity index (χ1n) is 4.01. The maximum Gasteiger partial charge on any atom is 0.213 e. The van der Waals surface area contributed by atoms with Gasteiger partial charge in [0, 0.05) is 6.54 Å². The Bertz CT molecular complexity index is 347. The van der Waals surface area contributed by atoms with Crippen LogP contribution in [0.25, 0.3) is 0 Å². The molecule has 1 heterocycles. The number of aromatic nitrogens is 2. The van der Waals surface area contributed by atoms with Gasteiger partial charge in [0.15, 0.2) is 5.82 Å². The van der Waals surface area contributed by atoms with Crippen LogP contribution in [0.5, 0.6) is 0 Å². The maximum absolute atomic E-state index is 11.2. The van der Waals surface area contributed by atoms with Crippen molar-refractivity contribution in [2.24, 2.45) is 0 Å². The van der Waals surface area contributed by atoms with Crippen LogP contribution in [0.15, 0.2) is 10.9 Å². The second kappa shape index (κ2) is 5.03. The summed E-state index contributed by atoms with van der Waals surface area (Å²) in [5, 5.41) is 6.22. The van der Waals surface area contributed by atoms with Crippen molar-refractivity contribution < 1.29 is 12.9 Å². The maximum atomic E-state index is 11.2. The largest absolute Gasteiger partial charge is 0.343 e. The highest BCUT2D eigenvalue weighted by atomic mass is 32.2. The van der Waals surface area contributed by atoms with E-state index in [1.54, 1.807) is 7.05 Å². The van der Waals surface area contributed by atoms with Crippen molar-refractivity contribution in [1.82, 2.24) is 20.2 Å². The summed E-state index contributed by atoms with van der Waals surface area (Å²) in [6, 6.07) is 0. The van der Waals surface area contributed by atoms with Crippen LogP contribution in [0.3, 0.4) is 0 Å².